The number of aliphatic imine (C=N–C) groups is 1. The molecule has 0 radical (unpaired) electrons. The third kappa shape index (κ3) is 6.54. The number of carbonyl (C=O) groups excluding carboxylic acids is 1. The third-order valence-electron chi connectivity index (χ3n) is 3.93. The van der Waals surface area contributed by atoms with Crippen molar-refractivity contribution in [1.29, 1.82) is 0 Å². The number of benzene rings is 1. The lowest BCUT2D eigenvalue weighted by Crippen LogP contribution is -2.54. The van der Waals surface area contributed by atoms with Crippen molar-refractivity contribution in [2.45, 2.75) is 26.3 Å². The van der Waals surface area contributed by atoms with Crippen LogP contribution in [-0.2, 0) is 4.79 Å². The summed E-state index contributed by atoms with van der Waals surface area (Å²) >= 11 is 0. The van der Waals surface area contributed by atoms with E-state index in [1.54, 1.807) is 13.1 Å². The number of nitrogens with one attached hydrogen (secondary N) is 2. The fourth-order valence-electron chi connectivity index (χ4n) is 2.84. The number of phenols is 1. The third-order valence-corrected chi connectivity index (χ3v) is 3.93. The quantitative estimate of drug-likeness (QED) is 0.352. The van der Waals surface area contributed by atoms with E-state index in [4.69, 9.17) is 0 Å². The van der Waals surface area contributed by atoms with Crippen molar-refractivity contribution in [3.8, 4) is 5.75 Å². The summed E-state index contributed by atoms with van der Waals surface area (Å²) in [6.45, 7) is 9.18. The number of hydrogen-bond acceptors (Lipinski definition) is 4. The van der Waals surface area contributed by atoms with Crippen LogP contribution in [0.2, 0.25) is 0 Å². The second-order valence-electron chi connectivity index (χ2n) is 7.16. The van der Waals surface area contributed by atoms with Gasteiger partial charge in [-0.15, -0.1) is 24.0 Å². The highest BCUT2D eigenvalue weighted by Crippen LogP contribution is 2.27. The lowest BCUT2D eigenvalue weighted by molar-refractivity contribution is -0.121. The van der Waals surface area contributed by atoms with Crippen LogP contribution in [0.25, 0.3) is 0 Å². The number of piperazine rings is 1. The average Bonchev–Trinajstić information content (AvgIpc) is 2.55. The maximum atomic E-state index is 12.0. The molecular formula is C18H30IN5O2. The molecule has 146 valence electrons. The molecule has 0 unspecified atom stereocenters. The fourth-order valence-corrected chi connectivity index (χ4v) is 2.84. The van der Waals surface area contributed by atoms with Crippen LogP contribution in [0, 0.1) is 0 Å². The molecule has 1 aliphatic heterocycles. The molecule has 0 bridgehead atoms. The van der Waals surface area contributed by atoms with Crippen molar-refractivity contribution < 1.29 is 9.90 Å². The van der Waals surface area contributed by atoms with Crippen LogP contribution in [0.15, 0.2) is 29.3 Å². The number of guanidine groups is 1. The van der Waals surface area contributed by atoms with Crippen molar-refractivity contribution in [3.05, 3.63) is 24.3 Å². The van der Waals surface area contributed by atoms with Crippen molar-refractivity contribution in [3.63, 3.8) is 0 Å². The van der Waals surface area contributed by atoms with Gasteiger partial charge in [0.1, 0.15) is 5.75 Å². The van der Waals surface area contributed by atoms with Crippen LogP contribution in [0.5, 0.6) is 5.75 Å². The number of carbonyl (C=O) groups is 1. The van der Waals surface area contributed by atoms with E-state index in [9.17, 15) is 9.90 Å². The van der Waals surface area contributed by atoms with Crippen LogP contribution in [0.4, 0.5) is 5.69 Å². The Kier molecular flexibility index (Phi) is 8.45. The highest BCUT2D eigenvalue weighted by atomic mass is 127. The first-order valence-electron chi connectivity index (χ1n) is 8.60. The zero-order valence-electron chi connectivity index (χ0n) is 16.0. The number of anilines is 1. The first-order chi connectivity index (χ1) is 11.8. The summed E-state index contributed by atoms with van der Waals surface area (Å²) < 4.78 is 0. The summed E-state index contributed by atoms with van der Waals surface area (Å²) in [4.78, 5) is 20.5. The number of rotatable bonds is 3. The predicted octanol–water partition coefficient (Wildman–Crippen LogP) is 1.62. The van der Waals surface area contributed by atoms with Gasteiger partial charge in [0.15, 0.2) is 5.96 Å². The molecule has 1 aromatic carbocycles. The van der Waals surface area contributed by atoms with Crippen molar-refractivity contribution in [2.75, 3.05) is 44.7 Å². The molecular weight excluding hydrogens is 445 g/mol. The molecule has 0 spiro atoms. The summed E-state index contributed by atoms with van der Waals surface area (Å²) in [6.07, 6.45) is 0. The SMILES string of the molecule is CN=C(NCC(=O)NC(C)(C)C)N1CCN(c2ccccc2O)CC1.I. The number of nitrogens with zero attached hydrogens (tertiary/aromatic N) is 3. The second kappa shape index (κ2) is 9.84. The zero-order valence-corrected chi connectivity index (χ0v) is 18.3. The monoisotopic (exact) mass is 475 g/mol. The number of halogens is 1. The molecule has 0 saturated carbocycles. The largest absolute Gasteiger partial charge is 0.506 e. The molecule has 26 heavy (non-hydrogen) atoms. The van der Waals surface area contributed by atoms with Gasteiger partial charge >= 0.3 is 0 Å². The molecule has 7 nitrogen and oxygen atoms in total. The van der Waals surface area contributed by atoms with Gasteiger partial charge in [-0.25, -0.2) is 0 Å². The molecule has 1 amide bonds. The van der Waals surface area contributed by atoms with Crippen molar-refractivity contribution >= 4 is 41.5 Å². The van der Waals surface area contributed by atoms with E-state index < -0.39 is 0 Å². The maximum Gasteiger partial charge on any atom is 0.239 e. The second-order valence-corrected chi connectivity index (χ2v) is 7.16. The standard InChI is InChI=1S/C18H29N5O2.HI/c1-18(2,3)21-16(25)13-20-17(19-4)23-11-9-22(10-12-23)14-7-5-6-8-15(14)24;/h5-8,24H,9-13H2,1-4H3,(H,19,20)(H,21,25);1H. The molecule has 8 heteroatoms. The van der Waals surface area contributed by atoms with Gasteiger partial charge in [0.25, 0.3) is 0 Å². The van der Waals surface area contributed by atoms with E-state index >= 15 is 0 Å². The first-order valence-corrected chi connectivity index (χ1v) is 8.60. The molecule has 1 saturated heterocycles. The number of amides is 1. The van der Waals surface area contributed by atoms with Crippen molar-refractivity contribution in [2.24, 2.45) is 4.99 Å². The van der Waals surface area contributed by atoms with Gasteiger partial charge in [-0.05, 0) is 32.9 Å². The van der Waals surface area contributed by atoms with Gasteiger partial charge < -0.3 is 25.5 Å². The number of hydrogen-bond donors (Lipinski definition) is 3. The minimum absolute atomic E-state index is 0. The van der Waals surface area contributed by atoms with E-state index in [-0.39, 0.29) is 42.0 Å². The topological polar surface area (TPSA) is 80.2 Å². The Morgan fingerprint density at radius 3 is 2.35 bits per heavy atom. The number of aromatic hydroxyl groups is 1. The first kappa shape index (κ1) is 22.3. The minimum atomic E-state index is -0.244. The van der Waals surface area contributed by atoms with E-state index in [1.807, 2.05) is 39.0 Å². The fraction of sp³-hybridized carbons (Fsp3) is 0.556. The van der Waals surface area contributed by atoms with E-state index in [0.717, 1.165) is 37.8 Å². The molecule has 1 aliphatic rings. The van der Waals surface area contributed by atoms with Gasteiger partial charge in [0.2, 0.25) is 5.91 Å². The van der Waals surface area contributed by atoms with Crippen LogP contribution in [0.1, 0.15) is 20.8 Å². The Labute approximate surface area is 172 Å². The molecule has 1 heterocycles. The number of phenolic OH excluding ortho intramolecular Hbond substituents is 1. The maximum absolute atomic E-state index is 12.0. The molecule has 2 rings (SSSR count). The minimum Gasteiger partial charge on any atom is -0.506 e. The Morgan fingerprint density at radius 1 is 1.19 bits per heavy atom. The van der Waals surface area contributed by atoms with Crippen LogP contribution >= 0.6 is 24.0 Å². The molecule has 0 aromatic heterocycles. The van der Waals surface area contributed by atoms with Crippen LogP contribution in [-0.4, -0.2) is 67.2 Å². The normalized spacial score (nSPS) is 15.3. The lowest BCUT2D eigenvalue weighted by atomic mass is 10.1. The molecule has 1 aromatic rings. The van der Waals surface area contributed by atoms with Gasteiger partial charge in [0.05, 0.1) is 12.2 Å². The van der Waals surface area contributed by atoms with Gasteiger partial charge in [-0.1, -0.05) is 12.1 Å². The average molecular weight is 475 g/mol. The molecule has 0 aliphatic carbocycles. The Balaban J connectivity index is 0.00000338. The summed E-state index contributed by atoms with van der Waals surface area (Å²) in [5.74, 6) is 0.972. The van der Waals surface area contributed by atoms with Crippen LogP contribution < -0.4 is 15.5 Å². The van der Waals surface area contributed by atoms with Gasteiger partial charge in [-0.2, -0.15) is 0 Å². The zero-order chi connectivity index (χ0) is 18.4. The summed E-state index contributed by atoms with van der Waals surface area (Å²) in [5.41, 5.74) is 0.612. The van der Waals surface area contributed by atoms with Crippen molar-refractivity contribution in [1.82, 2.24) is 15.5 Å². The molecule has 3 N–H and O–H groups in total. The predicted molar refractivity (Wildman–Crippen MR) is 117 cm³/mol. The smallest absolute Gasteiger partial charge is 0.239 e. The van der Waals surface area contributed by atoms with Gasteiger partial charge in [0, 0.05) is 38.8 Å². The molecule has 0 atom stereocenters. The highest BCUT2D eigenvalue weighted by molar-refractivity contribution is 14.0. The Hall–Kier alpha value is -1.71. The Bertz CT molecular complexity index is 622. The summed E-state index contributed by atoms with van der Waals surface area (Å²) in [5, 5.41) is 16.0. The van der Waals surface area contributed by atoms with E-state index in [2.05, 4.69) is 25.4 Å². The highest BCUT2D eigenvalue weighted by Gasteiger charge is 2.22. The summed E-state index contributed by atoms with van der Waals surface area (Å²) in [7, 11) is 1.72. The number of para-hydroxylation sites is 2. The molecule has 1 fully saturated rings. The summed E-state index contributed by atoms with van der Waals surface area (Å²) in [6, 6.07) is 7.38. The van der Waals surface area contributed by atoms with E-state index in [1.165, 1.54) is 0 Å². The van der Waals surface area contributed by atoms with Gasteiger partial charge in [-0.3, -0.25) is 9.79 Å². The Morgan fingerprint density at radius 2 is 1.81 bits per heavy atom. The van der Waals surface area contributed by atoms with E-state index in [0.29, 0.717) is 5.75 Å². The lowest BCUT2D eigenvalue weighted by Gasteiger charge is -2.37. The van der Waals surface area contributed by atoms with Crippen LogP contribution in [0.3, 0.4) is 0 Å².